The molecule has 0 atom stereocenters. The number of pyridine rings is 1. The molecule has 1 saturated heterocycles. The number of para-hydroxylation sites is 1. The van der Waals surface area contributed by atoms with Crippen LogP contribution in [0.15, 0.2) is 54.9 Å². The van der Waals surface area contributed by atoms with E-state index in [4.69, 9.17) is 16.3 Å². The van der Waals surface area contributed by atoms with E-state index < -0.39 is 0 Å². The van der Waals surface area contributed by atoms with Crippen LogP contribution in [-0.4, -0.2) is 44.8 Å². The first-order valence-corrected chi connectivity index (χ1v) is 8.67. The van der Waals surface area contributed by atoms with E-state index >= 15 is 0 Å². The van der Waals surface area contributed by atoms with Crippen molar-refractivity contribution in [1.82, 2.24) is 19.7 Å². The van der Waals surface area contributed by atoms with Crippen LogP contribution >= 0.6 is 11.6 Å². The Morgan fingerprint density at radius 2 is 1.92 bits per heavy atom. The van der Waals surface area contributed by atoms with E-state index in [9.17, 15) is 4.79 Å². The van der Waals surface area contributed by atoms with Gasteiger partial charge in [0.05, 0.1) is 41.3 Å². The molecule has 2 aromatic heterocycles. The van der Waals surface area contributed by atoms with Gasteiger partial charge < -0.3 is 9.64 Å². The largest absolute Gasteiger partial charge is 0.471 e. The Hall–Kier alpha value is -2.86. The van der Waals surface area contributed by atoms with Crippen LogP contribution in [0.2, 0.25) is 5.02 Å². The summed E-state index contributed by atoms with van der Waals surface area (Å²) in [4.78, 5) is 18.6. The fourth-order valence-corrected chi connectivity index (χ4v) is 3.01. The van der Waals surface area contributed by atoms with Gasteiger partial charge in [-0.3, -0.25) is 4.79 Å². The lowest BCUT2D eigenvalue weighted by molar-refractivity contribution is 0.0159. The highest BCUT2D eigenvalue weighted by Gasteiger charge is 2.34. The number of nitrogens with zero attached hydrogens (tertiary/aromatic N) is 4. The molecule has 26 heavy (non-hydrogen) atoms. The predicted octanol–water partition coefficient (Wildman–Crippen LogP) is 3.13. The molecule has 3 aromatic rings. The van der Waals surface area contributed by atoms with Gasteiger partial charge in [0, 0.05) is 12.3 Å². The van der Waals surface area contributed by atoms with Crippen LogP contribution in [0.1, 0.15) is 16.1 Å². The van der Waals surface area contributed by atoms with E-state index in [1.54, 1.807) is 34.1 Å². The summed E-state index contributed by atoms with van der Waals surface area (Å²) in [6.07, 6.45) is 3.11. The van der Waals surface area contributed by atoms with Crippen molar-refractivity contribution in [3.05, 3.63) is 71.1 Å². The van der Waals surface area contributed by atoms with Gasteiger partial charge in [0.15, 0.2) is 0 Å². The van der Waals surface area contributed by atoms with Crippen LogP contribution in [0.25, 0.3) is 5.69 Å². The molecule has 0 bridgehead atoms. The third-order valence-electron chi connectivity index (χ3n) is 4.36. The van der Waals surface area contributed by atoms with Gasteiger partial charge in [-0.25, -0.2) is 9.67 Å². The van der Waals surface area contributed by atoms with Crippen LogP contribution in [0.4, 0.5) is 0 Å². The van der Waals surface area contributed by atoms with Crippen molar-refractivity contribution in [1.29, 1.82) is 0 Å². The molecular formula is C19H17ClN4O2. The first-order valence-electron chi connectivity index (χ1n) is 8.29. The average Bonchev–Trinajstić information content (AvgIpc) is 3.01. The summed E-state index contributed by atoms with van der Waals surface area (Å²) in [7, 11) is 0. The highest BCUT2D eigenvalue weighted by Crippen LogP contribution is 2.21. The molecule has 1 aliphatic heterocycles. The number of hydrogen-bond acceptors (Lipinski definition) is 4. The molecule has 0 saturated carbocycles. The highest BCUT2D eigenvalue weighted by atomic mass is 35.5. The molecule has 0 unspecified atom stereocenters. The van der Waals surface area contributed by atoms with Gasteiger partial charge in [-0.15, -0.1) is 0 Å². The number of aromatic nitrogens is 3. The van der Waals surface area contributed by atoms with Crippen molar-refractivity contribution in [2.45, 2.75) is 13.0 Å². The van der Waals surface area contributed by atoms with E-state index in [-0.39, 0.29) is 12.0 Å². The Balaban J connectivity index is 1.40. The molecule has 3 heterocycles. The quantitative estimate of drug-likeness (QED) is 0.709. The van der Waals surface area contributed by atoms with Gasteiger partial charge >= 0.3 is 0 Å². The summed E-state index contributed by atoms with van der Waals surface area (Å²) < 4.78 is 7.52. The van der Waals surface area contributed by atoms with Gasteiger partial charge in [0.2, 0.25) is 5.88 Å². The number of likely N-dealkylation sites (tertiary alicyclic amines) is 1. The molecular weight excluding hydrogens is 352 g/mol. The summed E-state index contributed by atoms with van der Waals surface area (Å²) in [6, 6.07) is 13.2. The van der Waals surface area contributed by atoms with E-state index in [1.165, 1.54) is 0 Å². The summed E-state index contributed by atoms with van der Waals surface area (Å²) in [5, 5.41) is 4.92. The fourth-order valence-electron chi connectivity index (χ4n) is 2.90. The third kappa shape index (κ3) is 3.15. The number of carbonyl (C=O) groups is 1. The molecule has 0 N–H and O–H groups in total. The smallest absolute Gasteiger partial charge is 0.257 e. The summed E-state index contributed by atoms with van der Waals surface area (Å²) in [5.41, 5.74) is 2.37. The Morgan fingerprint density at radius 1 is 1.15 bits per heavy atom. The number of rotatable bonds is 4. The van der Waals surface area contributed by atoms with E-state index in [0.29, 0.717) is 29.6 Å². The zero-order chi connectivity index (χ0) is 18.1. The molecule has 132 valence electrons. The van der Waals surface area contributed by atoms with Gasteiger partial charge in [-0.05, 0) is 25.1 Å². The fraction of sp³-hybridized carbons (Fsp3) is 0.211. The van der Waals surface area contributed by atoms with Crippen molar-refractivity contribution < 1.29 is 9.53 Å². The van der Waals surface area contributed by atoms with Crippen LogP contribution in [0, 0.1) is 6.92 Å². The lowest BCUT2D eigenvalue weighted by Gasteiger charge is -2.38. The predicted molar refractivity (Wildman–Crippen MR) is 97.9 cm³/mol. The topological polar surface area (TPSA) is 60.3 Å². The second-order valence-corrected chi connectivity index (χ2v) is 6.59. The molecule has 0 radical (unpaired) electrons. The molecule has 1 amide bonds. The summed E-state index contributed by atoms with van der Waals surface area (Å²) in [6.45, 7) is 2.96. The second-order valence-electron chi connectivity index (χ2n) is 6.16. The van der Waals surface area contributed by atoms with Gasteiger partial charge in [0.25, 0.3) is 5.91 Å². The van der Waals surface area contributed by atoms with Gasteiger partial charge in [0.1, 0.15) is 6.10 Å². The third-order valence-corrected chi connectivity index (χ3v) is 4.59. The van der Waals surface area contributed by atoms with Crippen molar-refractivity contribution in [2.24, 2.45) is 0 Å². The number of benzene rings is 1. The van der Waals surface area contributed by atoms with Crippen molar-refractivity contribution in [3.8, 4) is 11.6 Å². The van der Waals surface area contributed by atoms with Crippen molar-refractivity contribution >= 4 is 17.5 Å². The molecule has 1 fully saturated rings. The Morgan fingerprint density at radius 3 is 2.62 bits per heavy atom. The number of amides is 1. The molecule has 4 rings (SSSR count). The monoisotopic (exact) mass is 368 g/mol. The van der Waals surface area contributed by atoms with Crippen LogP contribution < -0.4 is 4.74 Å². The first-order chi connectivity index (χ1) is 12.6. The second kappa shape index (κ2) is 6.80. The Kier molecular flexibility index (Phi) is 4.34. The van der Waals surface area contributed by atoms with Gasteiger partial charge in [-0.1, -0.05) is 29.8 Å². The summed E-state index contributed by atoms with van der Waals surface area (Å²) in [5.74, 6) is 0.480. The zero-order valence-corrected chi connectivity index (χ0v) is 14.9. The van der Waals surface area contributed by atoms with Crippen LogP contribution in [0.3, 0.4) is 0 Å². The van der Waals surface area contributed by atoms with E-state index in [0.717, 1.165) is 11.4 Å². The minimum Gasteiger partial charge on any atom is -0.471 e. The van der Waals surface area contributed by atoms with Crippen LogP contribution in [-0.2, 0) is 0 Å². The average molecular weight is 369 g/mol. The van der Waals surface area contributed by atoms with E-state index in [1.807, 2.05) is 37.3 Å². The normalized spacial score (nSPS) is 14.2. The molecule has 0 spiro atoms. The Labute approximate surface area is 156 Å². The number of halogens is 1. The van der Waals surface area contributed by atoms with Crippen LogP contribution in [0.5, 0.6) is 5.88 Å². The standard InChI is InChI=1S/C19H17ClN4O2/c1-13-17(10-22-24(13)15-5-3-2-4-6-15)19(25)23-11-16(12-23)26-18-8-7-14(20)9-21-18/h2-10,16H,11-12H2,1H3. The molecule has 7 heteroatoms. The van der Waals surface area contributed by atoms with Crippen molar-refractivity contribution in [3.63, 3.8) is 0 Å². The van der Waals surface area contributed by atoms with Crippen molar-refractivity contribution in [2.75, 3.05) is 13.1 Å². The number of hydrogen-bond donors (Lipinski definition) is 0. The number of carbonyl (C=O) groups excluding carboxylic acids is 1. The molecule has 1 aromatic carbocycles. The Bertz CT molecular complexity index is 918. The van der Waals surface area contributed by atoms with Gasteiger partial charge in [-0.2, -0.15) is 5.10 Å². The zero-order valence-electron chi connectivity index (χ0n) is 14.2. The maximum absolute atomic E-state index is 12.7. The minimum absolute atomic E-state index is 0.0337. The minimum atomic E-state index is -0.0582. The van der Waals surface area contributed by atoms with E-state index in [2.05, 4.69) is 10.1 Å². The molecule has 1 aliphatic rings. The first kappa shape index (κ1) is 16.6. The SMILES string of the molecule is Cc1c(C(=O)N2CC(Oc3ccc(Cl)cn3)C2)cnn1-c1ccccc1. The molecule has 6 nitrogen and oxygen atoms in total. The maximum atomic E-state index is 12.7. The number of ether oxygens (including phenoxy) is 1. The summed E-state index contributed by atoms with van der Waals surface area (Å²) >= 11 is 5.81. The lowest BCUT2D eigenvalue weighted by atomic mass is 10.1. The highest BCUT2D eigenvalue weighted by molar-refractivity contribution is 6.30. The maximum Gasteiger partial charge on any atom is 0.257 e. The molecule has 0 aliphatic carbocycles. The lowest BCUT2D eigenvalue weighted by Crippen LogP contribution is -2.56.